The highest BCUT2D eigenvalue weighted by Gasteiger charge is 2.37. The van der Waals surface area contributed by atoms with Gasteiger partial charge in [-0.05, 0) is 37.1 Å². The van der Waals surface area contributed by atoms with Crippen LogP contribution in [-0.2, 0) is 6.18 Å². The van der Waals surface area contributed by atoms with Gasteiger partial charge < -0.3 is 15.5 Å². The van der Waals surface area contributed by atoms with Gasteiger partial charge in [-0.3, -0.25) is 9.59 Å². The highest BCUT2D eigenvalue weighted by molar-refractivity contribution is 7.21. The molecule has 200 valence electrons. The second-order valence-corrected chi connectivity index (χ2v) is 9.81. The lowest BCUT2D eigenvalue weighted by molar-refractivity contribution is -0.142. The third kappa shape index (κ3) is 4.37. The molecule has 3 N–H and O–H groups in total. The van der Waals surface area contributed by atoms with E-state index in [1.165, 1.54) is 18.4 Å². The number of nitrogens with zero attached hydrogens (tertiary/aromatic N) is 4. The highest BCUT2D eigenvalue weighted by atomic mass is 32.1. The molecule has 0 atom stereocenters. The molecule has 0 spiro atoms. The first kappa shape index (κ1) is 24.9. The summed E-state index contributed by atoms with van der Waals surface area (Å²) in [5.74, 6) is -1.91. The number of alkyl halides is 5. The van der Waals surface area contributed by atoms with Crippen molar-refractivity contribution in [1.29, 1.82) is 0 Å². The van der Waals surface area contributed by atoms with Gasteiger partial charge in [0.25, 0.3) is 18.2 Å². The lowest BCUT2D eigenvalue weighted by atomic mass is 10.1. The minimum absolute atomic E-state index is 0.0339. The largest absolute Gasteiger partial charge is 0.464 e. The standard InChI is InChI=1S/C24H15F5N6O3S/c25-20(26)12-6-10(14-2-1-5-38-14)17-18(19(21(30)36)39-23(17)32-12)33-22(37)13-8-16-31-11(9-3-4-9)7-15(24(27,28)29)35(16)34-13/h1-2,5-9,20H,3-4H2,(H2,30,36)(H,33,37). The van der Waals surface area contributed by atoms with Crippen LogP contribution in [0.15, 0.2) is 41.0 Å². The number of nitrogens with one attached hydrogen (secondary N) is 1. The number of rotatable bonds is 6. The van der Waals surface area contributed by atoms with Crippen LogP contribution < -0.4 is 11.1 Å². The fourth-order valence-corrected chi connectivity index (χ4v) is 5.23. The number of carbonyl (C=O) groups is 2. The van der Waals surface area contributed by atoms with Crippen LogP contribution in [0.3, 0.4) is 0 Å². The van der Waals surface area contributed by atoms with E-state index in [-0.39, 0.29) is 49.4 Å². The zero-order chi connectivity index (χ0) is 27.6. The molecule has 0 saturated heterocycles. The summed E-state index contributed by atoms with van der Waals surface area (Å²) >= 11 is 0.673. The Morgan fingerprint density at radius 1 is 1.18 bits per heavy atom. The fourth-order valence-electron chi connectivity index (χ4n) is 4.22. The number of pyridine rings is 1. The Bertz CT molecular complexity index is 1770. The van der Waals surface area contributed by atoms with Crippen molar-refractivity contribution in [3.05, 3.63) is 64.2 Å². The van der Waals surface area contributed by atoms with Gasteiger partial charge in [-0.25, -0.2) is 23.3 Å². The summed E-state index contributed by atoms with van der Waals surface area (Å²) in [4.78, 5) is 33.4. The summed E-state index contributed by atoms with van der Waals surface area (Å²) in [6.45, 7) is 0. The Morgan fingerprint density at radius 2 is 1.95 bits per heavy atom. The number of anilines is 1. The number of primary amides is 1. The van der Waals surface area contributed by atoms with E-state index in [4.69, 9.17) is 10.2 Å². The van der Waals surface area contributed by atoms with Gasteiger partial charge in [0.1, 0.15) is 26.9 Å². The van der Waals surface area contributed by atoms with Gasteiger partial charge in [0, 0.05) is 28.6 Å². The molecule has 1 aliphatic rings. The van der Waals surface area contributed by atoms with Crippen LogP contribution in [0.25, 0.3) is 27.2 Å². The van der Waals surface area contributed by atoms with Crippen molar-refractivity contribution in [2.45, 2.75) is 31.4 Å². The summed E-state index contributed by atoms with van der Waals surface area (Å²) in [6, 6.07) is 6.07. The van der Waals surface area contributed by atoms with Crippen LogP contribution in [0.2, 0.25) is 0 Å². The summed E-state index contributed by atoms with van der Waals surface area (Å²) in [5, 5.41) is 6.38. The van der Waals surface area contributed by atoms with Crippen LogP contribution in [0.5, 0.6) is 0 Å². The average molecular weight is 562 g/mol. The Labute approximate surface area is 218 Å². The second-order valence-electron chi connectivity index (χ2n) is 8.82. The number of hydrogen-bond donors (Lipinski definition) is 2. The van der Waals surface area contributed by atoms with E-state index in [1.54, 1.807) is 0 Å². The van der Waals surface area contributed by atoms with Crippen LogP contribution in [-0.4, -0.2) is 31.4 Å². The van der Waals surface area contributed by atoms with E-state index >= 15 is 0 Å². The molecule has 39 heavy (non-hydrogen) atoms. The maximum atomic E-state index is 13.8. The number of nitrogens with two attached hydrogens (primary N) is 1. The van der Waals surface area contributed by atoms with Gasteiger partial charge >= 0.3 is 6.18 Å². The molecule has 1 saturated carbocycles. The van der Waals surface area contributed by atoms with Crippen molar-refractivity contribution in [3.8, 4) is 11.3 Å². The van der Waals surface area contributed by atoms with Crippen molar-refractivity contribution < 1.29 is 36.0 Å². The van der Waals surface area contributed by atoms with Gasteiger partial charge in [0.2, 0.25) is 0 Å². The van der Waals surface area contributed by atoms with Crippen molar-refractivity contribution >= 4 is 44.7 Å². The summed E-state index contributed by atoms with van der Waals surface area (Å²) in [5.41, 5.74) is 3.42. The molecule has 6 rings (SSSR count). The molecule has 0 bridgehead atoms. The minimum Gasteiger partial charge on any atom is -0.464 e. The number of halogens is 5. The predicted octanol–water partition coefficient (Wildman–Crippen LogP) is 5.78. The van der Waals surface area contributed by atoms with Gasteiger partial charge in [0.05, 0.1) is 12.0 Å². The first-order chi connectivity index (χ1) is 18.5. The molecule has 5 aromatic heterocycles. The van der Waals surface area contributed by atoms with Gasteiger partial charge in [-0.1, -0.05) is 0 Å². The molecular weight excluding hydrogens is 547 g/mol. The molecule has 5 heterocycles. The van der Waals surface area contributed by atoms with E-state index in [0.717, 1.165) is 18.2 Å². The molecule has 5 aromatic rings. The van der Waals surface area contributed by atoms with Crippen molar-refractivity contribution in [2.24, 2.45) is 5.73 Å². The molecule has 1 aliphatic carbocycles. The monoisotopic (exact) mass is 562 g/mol. The Balaban J connectivity index is 1.49. The zero-order valence-corrected chi connectivity index (χ0v) is 20.2. The molecular formula is C24H15F5N6O3S. The zero-order valence-electron chi connectivity index (χ0n) is 19.4. The Hall–Kier alpha value is -4.40. The second kappa shape index (κ2) is 8.83. The van der Waals surface area contributed by atoms with E-state index in [0.29, 0.717) is 28.7 Å². The van der Waals surface area contributed by atoms with Crippen molar-refractivity contribution in [1.82, 2.24) is 19.6 Å². The quantitative estimate of drug-likeness (QED) is 0.252. The van der Waals surface area contributed by atoms with E-state index in [1.807, 2.05) is 0 Å². The Kier molecular flexibility index (Phi) is 5.64. The number of amides is 2. The molecule has 0 unspecified atom stereocenters. The van der Waals surface area contributed by atoms with Gasteiger partial charge in [-0.2, -0.15) is 18.3 Å². The van der Waals surface area contributed by atoms with Crippen LogP contribution in [0.4, 0.5) is 27.6 Å². The number of aromatic nitrogens is 4. The van der Waals surface area contributed by atoms with E-state index in [9.17, 15) is 31.5 Å². The van der Waals surface area contributed by atoms with Gasteiger partial charge in [-0.15, -0.1) is 11.3 Å². The van der Waals surface area contributed by atoms with Crippen LogP contribution in [0, 0.1) is 0 Å². The topological polar surface area (TPSA) is 128 Å². The number of fused-ring (bicyclic) bond motifs is 2. The van der Waals surface area contributed by atoms with Gasteiger partial charge in [0.15, 0.2) is 11.3 Å². The SMILES string of the molecule is NC(=O)c1sc2nc(C(F)F)cc(-c3ccco3)c2c1NC(=O)c1cc2nc(C3CC3)cc(C(F)(F)F)n2n1. The number of hydrogen-bond acceptors (Lipinski definition) is 7. The average Bonchev–Trinajstić information content (AvgIpc) is 3.26. The molecule has 2 amide bonds. The summed E-state index contributed by atoms with van der Waals surface area (Å²) in [6.07, 6.45) is -4.99. The smallest absolute Gasteiger partial charge is 0.433 e. The number of thiophene rings is 1. The molecule has 0 radical (unpaired) electrons. The first-order valence-electron chi connectivity index (χ1n) is 11.4. The van der Waals surface area contributed by atoms with E-state index in [2.05, 4.69) is 20.4 Å². The molecule has 9 nitrogen and oxygen atoms in total. The molecule has 15 heteroatoms. The third-order valence-electron chi connectivity index (χ3n) is 6.12. The van der Waals surface area contributed by atoms with Crippen LogP contribution >= 0.6 is 11.3 Å². The van der Waals surface area contributed by atoms with E-state index < -0.39 is 41.5 Å². The van der Waals surface area contributed by atoms with Crippen LogP contribution in [0.1, 0.15) is 62.4 Å². The minimum atomic E-state index is -4.76. The summed E-state index contributed by atoms with van der Waals surface area (Å²) < 4.78 is 74.4. The summed E-state index contributed by atoms with van der Waals surface area (Å²) in [7, 11) is 0. The molecule has 0 aliphatic heterocycles. The lowest BCUT2D eigenvalue weighted by Gasteiger charge is -2.10. The third-order valence-corrected chi connectivity index (χ3v) is 7.22. The maximum Gasteiger partial charge on any atom is 0.433 e. The number of carbonyl (C=O) groups excluding carboxylic acids is 2. The highest BCUT2D eigenvalue weighted by Crippen LogP contribution is 2.43. The number of furan rings is 1. The maximum absolute atomic E-state index is 13.8. The normalized spacial score (nSPS) is 14.0. The Morgan fingerprint density at radius 3 is 2.56 bits per heavy atom. The predicted molar refractivity (Wildman–Crippen MR) is 129 cm³/mol. The lowest BCUT2D eigenvalue weighted by Crippen LogP contribution is -2.18. The molecule has 0 aromatic carbocycles. The molecule has 1 fully saturated rings. The first-order valence-corrected chi connectivity index (χ1v) is 12.2. The fraction of sp³-hybridized carbons (Fsp3) is 0.208. The van der Waals surface area contributed by atoms with Crippen molar-refractivity contribution in [2.75, 3.05) is 5.32 Å². The van der Waals surface area contributed by atoms with Crippen molar-refractivity contribution in [3.63, 3.8) is 0 Å².